The number of amides is 2. The number of phenolic OH excluding ortho intramolecular Hbond substituents is 2. The van der Waals surface area contributed by atoms with Gasteiger partial charge in [-0.25, -0.2) is 0 Å². The molecule has 0 aromatic heterocycles. The molecule has 0 bridgehead atoms. The lowest BCUT2D eigenvalue weighted by Crippen LogP contribution is -2.42. The van der Waals surface area contributed by atoms with E-state index in [9.17, 15) is 24.6 Å². The molecule has 2 amide bonds. The number of nitrogens with zero attached hydrogens (tertiary/aromatic N) is 2. The summed E-state index contributed by atoms with van der Waals surface area (Å²) in [6, 6.07) is 13.1. The predicted octanol–water partition coefficient (Wildman–Crippen LogP) is 2.57. The van der Waals surface area contributed by atoms with E-state index in [1.165, 1.54) is 40.7 Å². The zero-order valence-electron chi connectivity index (χ0n) is 16.1. The van der Waals surface area contributed by atoms with Crippen molar-refractivity contribution >= 4 is 48.1 Å². The average molecular weight is 445 g/mol. The number of aromatic hydroxyl groups is 2. The van der Waals surface area contributed by atoms with E-state index in [-0.39, 0.29) is 30.3 Å². The van der Waals surface area contributed by atoms with Gasteiger partial charge in [0.2, 0.25) is 5.91 Å². The molecule has 2 aromatic rings. The molecule has 1 saturated heterocycles. The number of rotatable bonds is 6. The Labute approximate surface area is 183 Å². The number of phenols is 2. The van der Waals surface area contributed by atoms with Gasteiger partial charge in [0.05, 0.1) is 11.4 Å². The van der Waals surface area contributed by atoms with Crippen LogP contribution in [0.3, 0.4) is 0 Å². The van der Waals surface area contributed by atoms with Crippen LogP contribution in [0.1, 0.15) is 15.9 Å². The normalized spacial score (nSPS) is 17.4. The van der Waals surface area contributed by atoms with Gasteiger partial charge >= 0.3 is 0 Å². The molecule has 2 aromatic carbocycles. The second kappa shape index (κ2) is 9.27. The highest BCUT2D eigenvalue weighted by molar-refractivity contribution is 8.14. The number of thiol groups is 1. The molecule has 3 rings (SSSR count). The molecule has 0 saturated carbocycles. The molecule has 1 unspecified atom stereocenters. The molecule has 1 fully saturated rings. The van der Waals surface area contributed by atoms with Crippen molar-refractivity contribution in [3.63, 3.8) is 0 Å². The Balaban J connectivity index is 1.63. The van der Waals surface area contributed by atoms with Gasteiger partial charge < -0.3 is 20.0 Å². The number of Topliss-reactive ketones (excluding diaryl/α,β-unsaturated/α-hetero) is 1. The predicted molar refractivity (Wildman–Crippen MR) is 118 cm³/mol. The molecule has 7 nitrogen and oxygen atoms in total. The first-order valence-corrected chi connectivity index (χ1v) is 10.4. The number of carbonyl (C=O) groups is 3. The Hall–Kier alpha value is -2.91. The minimum absolute atomic E-state index is 0.165. The lowest BCUT2D eigenvalue weighted by atomic mass is 10.1. The molecule has 1 heterocycles. The Kier molecular flexibility index (Phi) is 6.73. The lowest BCUT2D eigenvalue weighted by molar-refractivity contribution is -0.136. The van der Waals surface area contributed by atoms with Crippen molar-refractivity contribution in [2.75, 3.05) is 20.1 Å². The highest BCUT2D eigenvalue weighted by Crippen LogP contribution is 2.37. The number of likely N-dealkylation sites (N-methyl/N-ethyl adjacent to an activating group) is 1. The molecular formula is C21H20N2O5S2. The summed E-state index contributed by atoms with van der Waals surface area (Å²) in [7, 11) is 1.46. The van der Waals surface area contributed by atoms with Gasteiger partial charge in [0.15, 0.2) is 17.3 Å². The van der Waals surface area contributed by atoms with Crippen LogP contribution in [0.2, 0.25) is 0 Å². The molecule has 0 aliphatic carbocycles. The number of carbonyl (C=O) groups excluding carboxylic acids is 3. The molecule has 30 heavy (non-hydrogen) atoms. The van der Waals surface area contributed by atoms with Crippen LogP contribution >= 0.6 is 24.4 Å². The van der Waals surface area contributed by atoms with Gasteiger partial charge in [-0.05, 0) is 29.8 Å². The maximum Gasteiger partial charge on any atom is 0.262 e. The van der Waals surface area contributed by atoms with Crippen LogP contribution in [-0.4, -0.2) is 62.5 Å². The summed E-state index contributed by atoms with van der Waals surface area (Å²) in [5.74, 6) is -1.86. The highest BCUT2D eigenvalue weighted by atomic mass is 32.2. The zero-order chi connectivity index (χ0) is 21.8. The second-order valence-electron chi connectivity index (χ2n) is 6.67. The number of hydrogen-bond acceptors (Lipinski definition) is 7. The van der Waals surface area contributed by atoms with E-state index in [0.717, 1.165) is 11.6 Å². The summed E-state index contributed by atoms with van der Waals surface area (Å²) in [5, 5.41) is 18.9. The molecule has 0 spiro atoms. The maximum atomic E-state index is 12.7. The van der Waals surface area contributed by atoms with Crippen LogP contribution < -0.4 is 0 Å². The topological polar surface area (TPSA) is 98.2 Å². The second-order valence-corrected chi connectivity index (χ2v) is 8.63. The molecule has 1 aliphatic heterocycles. The fourth-order valence-electron chi connectivity index (χ4n) is 2.77. The monoisotopic (exact) mass is 444 g/mol. The van der Waals surface area contributed by atoms with Crippen LogP contribution in [0, 0.1) is 0 Å². The summed E-state index contributed by atoms with van der Waals surface area (Å²) in [4.78, 5) is 40.7. The van der Waals surface area contributed by atoms with Crippen LogP contribution in [0.25, 0.3) is 6.08 Å². The van der Waals surface area contributed by atoms with E-state index < -0.39 is 22.1 Å². The van der Waals surface area contributed by atoms with E-state index in [4.69, 9.17) is 0 Å². The maximum absolute atomic E-state index is 12.7. The van der Waals surface area contributed by atoms with Gasteiger partial charge in [-0.3, -0.25) is 14.4 Å². The third-order valence-electron chi connectivity index (χ3n) is 4.48. The number of hydrogen-bond donors (Lipinski definition) is 3. The van der Waals surface area contributed by atoms with Crippen LogP contribution in [-0.2, 0) is 9.59 Å². The summed E-state index contributed by atoms with van der Waals surface area (Å²) in [5.41, 5.74) is 1.04. The average Bonchev–Trinajstić information content (AvgIpc) is 2.98. The van der Waals surface area contributed by atoms with E-state index in [0.29, 0.717) is 4.91 Å². The Morgan fingerprint density at radius 1 is 1.17 bits per heavy atom. The van der Waals surface area contributed by atoms with Gasteiger partial charge in [-0.15, -0.1) is 12.6 Å². The fourth-order valence-corrected chi connectivity index (χ4v) is 4.25. The van der Waals surface area contributed by atoms with Gasteiger partial charge in [0.1, 0.15) is 11.3 Å². The Morgan fingerprint density at radius 2 is 1.87 bits per heavy atom. The number of ketones is 1. The minimum Gasteiger partial charge on any atom is -0.504 e. The van der Waals surface area contributed by atoms with E-state index in [1.54, 1.807) is 6.08 Å². The smallest absolute Gasteiger partial charge is 0.262 e. The molecule has 1 aliphatic rings. The molecule has 2 N–H and O–H groups in total. The summed E-state index contributed by atoms with van der Waals surface area (Å²) >= 11 is 5.66. The molecular weight excluding hydrogens is 424 g/mol. The third kappa shape index (κ3) is 4.98. The summed E-state index contributed by atoms with van der Waals surface area (Å²) < 4.78 is -0.505. The van der Waals surface area contributed by atoms with Crippen molar-refractivity contribution in [3.8, 4) is 11.5 Å². The molecule has 1 atom stereocenters. The van der Waals surface area contributed by atoms with Crippen molar-refractivity contribution in [1.82, 2.24) is 9.80 Å². The van der Waals surface area contributed by atoms with Crippen LogP contribution in [0.4, 0.5) is 0 Å². The third-order valence-corrected chi connectivity index (χ3v) is 6.08. The Bertz CT molecular complexity index is 1010. The van der Waals surface area contributed by atoms with Crippen molar-refractivity contribution in [2.24, 2.45) is 0 Å². The van der Waals surface area contributed by atoms with Gasteiger partial charge in [0, 0.05) is 12.6 Å². The lowest BCUT2D eigenvalue weighted by Gasteiger charge is -2.23. The van der Waals surface area contributed by atoms with Crippen molar-refractivity contribution in [3.05, 3.63) is 64.6 Å². The van der Waals surface area contributed by atoms with E-state index in [2.05, 4.69) is 12.6 Å². The zero-order valence-corrected chi connectivity index (χ0v) is 17.8. The van der Waals surface area contributed by atoms with Crippen molar-refractivity contribution < 1.29 is 24.6 Å². The largest absolute Gasteiger partial charge is 0.504 e. The van der Waals surface area contributed by atoms with Gasteiger partial charge in [0.25, 0.3) is 5.91 Å². The summed E-state index contributed by atoms with van der Waals surface area (Å²) in [6.07, 6.45) is 1.76. The first kappa shape index (κ1) is 21.8. The summed E-state index contributed by atoms with van der Waals surface area (Å²) in [6.45, 7) is -0.446. The highest BCUT2D eigenvalue weighted by Gasteiger charge is 2.35. The van der Waals surface area contributed by atoms with E-state index in [1.807, 2.05) is 30.3 Å². The quantitative estimate of drug-likeness (QED) is 0.274. The minimum atomic E-state index is -0.505. The number of benzene rings is 2. The Morgan fingerprint density at radius 3 is 2.53 bits per heavy atom. The molecule has 0 radical (unpaired) electrons. The van der Waals surface area contributed by atoms with Crippen molar-refractivity contribution in [1.29, 1.82) is 0 Å². The number of thioether (sulfide) groups is 1. The van der Waals surface area contributed by atoms with Crippen LogP contribution in [0.5, 0.6) is 11.5 Å². The molecule has 156 valence electrons. The molecule has 9 heteroatoms. The first-order valence-electron chi connectivity index (χ1n) is 8.98. The first-order chi connectivity index (χ1) is 14.3. The van der Waals surface area contributed by atoms with E-state index >= 15 is 0 Å². The standard InChI is InChI=1S/C21H20N2O5S2/c1-22(11-17(26)14-7-8-15(24)16(25)10-14)19(27)12-23-20(28)18(30-21(23)29)9-13-5-3-2-4-6-13/h2-10,21,24-25,29H,11-12H2,1H3. The van der Waals surface area contributed by atoms with Gasteiger partial charge in [-0.2, -0.15) is 0 Å². The van der Waals surface area contributed by atoms with Crippen LogP contribution in [0.15, 0.2) is 53.4 Å². The fraction of sp³-hybridized carbons (Fsp3) is 0.190. The van der Waals surface area contributed by atoms with Crippen molar-refractivity contribution in [2.45, 2.75) is 4.71 Å². The van der Waals surface area contributed by atoms with Gasteiger partial charge in [-0.1, -0.05) is 42.1 Å². The SMILES string of the molecule is CN(CC(=O)c1ccc(O)c(O)c1)C(=O)CN1C(=O)C(=Cc2ccccc2)SC1S.